The minimum atomic E-state index is 0.0241. The molecule has 0 saturated carbocycles. The molecule has 1 heterocycles. The summed E-state index contributed by atoms with van der Waals surface area (Å²) in [6, 6.07) is 7.68. The Morgan fingerprint density at radius 1 is 1.30 bits per heavy atom. The Balaban J connectivity index is 1.80. The molecular formula is C17H26N4OS. The molecule has 23 heavy (non-hydrogen) atoms. The molecule has 1 aromatic rings. The number of hydrogen-bond donors (Lipinski definition) is 2. The SMILES string of the molecule is CN=C(NCc1ccc(C(=O)N(C)C)cc1)NCC1CCCS1. The molecule has 2 rings (SSSR count). The second-order valence-electron chi connectivity index (χ2n) is 5.84. The lowest BCUT2D eigenvalue weighted by Crippen LogP contribution is -2.39. The van der Waals surface area contributed by atoms with E-state index in [-0.39, 0.29) is 5.91 Å². The highest BCUT2D eigenvalue weighted by Crippen LogP contribution is 2.25. The van der Waals surface area contributed by atoms with Gasteiger partial charge < -0.3 is 15.5 Å². The van der Waals surface area contributed by atoms with E-state index in [0.717, 1.165) is 18.1 Å². The van der Waals surface area contributed by atoms with Gasteiger partial charge in [0.1, 0.15) is 0 Å². The van der Waals surface area contributed by atoms with Crippen LogP contribution >= 0.6 is 11.8 Å². The zero-order valence-electron chi connectivity index (χ0n) is 14.1. The second-order valence-corrected chi connectivity index (χ2v) is 7.25. The van der Waals surface area contributed by atoms with E-state index in [0.29, 0.717) is 17.4 Å². The first-order valence-electron chi connectivity index (χ1n) is 7.97. The Morgan fingerprint density at radius 2 is 2.04 bits per heavy atom. The fourth-order valence-electron chi connectivity index (χ4n) is 2.45. The van der Waals surface area contributed by atoms with Crippen LogP contribution in [-0.4, -0.2) is 55.5 Å². The van der Waals surface area contributed by atoms with E-state index < -0.39 is 0 Å². The lowest BCUT2D eigenvalue weighted by atomic mass is 10.1. The first-order chi connectivity index (χ1) is 11.1. The Labute approximate surface area is 142 Å². The highest BCUT2D eigenvalue weighted by atomic mass is 32.2. The van der Waals surface area contributed by atoms with Crippen LogP contribution in [0.1, 0.15) is 28.8 Å². The standard InChI is InChI=1S/C17H26N4OS/c1-18-17(20-12-15-5-4-10-23-15)19-11-13-6-8-14(9-7-13)16(22)21(2)3/h6-9,15H,4-5,10-12H2,1-3H3,(H2,18,19,20). The molecule has 1 saturated heterocycles. The third-order valence-electron chi connectivity index (χ3n) is 3.81. The first kappa shape index (κ1) is 17.7. The number of carbonyl (C=O) groups is 1. The van der Waals surface area contributed by atoms with Gasteiger partial charge >= 0.3 is 0 Å². The van der Waals surface area contributed by atoms with Crippen LogP contribution in [0.15, 0.2) is 29.3 Å². The molecule has 0 spiro atoms. The third kappa shape index (κ3) is 5.46. The molecule has 1 aromatic carbocycles. The summed E-state index contributed by atoms with van der Waals surface area (Å²) in [7, 11) is 5.31. The first-order valence-corrected chi connectivity index (χ1v) is 9.01. The van der Waals surface area contributed by atoms with E-state index in [9.17, 15) is 4.79 Å². The summed E-state index contributed by atoms with van der Waals surface area (Å²) in [5.41, 5.74) is 1.83. The zero-order chi connectivity index (χ0) is 16.7. The summed E-state index contributed by atoms with van der Waals surface area (Å²) >= 11 is 2.03. The average molecular weight is 334 g/mol. The molecule has 126 valence electrons. The smallest absolute Gasteiger partial charge is 0.253 e. The minimum Gasteiger partial charge on any atom is -0.355 e. The maximum absolute atomic E-state index is 11.9. The molecule has 1 fully saturated rings. The van der Waals surface area contributed by atoms with Gasteiger partial charge in [0.2, 0.25) is 0 Å². The van der Waals surface area contributed by atoms with Gasteiger partial charge in [0.15, 0.2) is 5.96 Å². The predicted octanol–water partition coefficient (Wildman–Crippen LogP) is 1.95. The lowest BCUT2D eigenvalue weighted by Gasteiger charge is -2.15. The van der Waals surface area contributed by atoms with E-state index >= 15 is 0 Å². The van der Waals surface area contributed by atoms with E-state index in [2.05, 4.69) is 15.6 Å². The molecule has 5 nitrogen and oxygen atoms in total. The topological polar surface area (TPSA) is 56.7 Å². The van der Waals surface area contributed by atoms with Crippen LogP contribution in [0.4, 0.5) is 0 Å². The number of carbonyl (C=O) groups excluding carboxylic acids is 1. The van der Waals surface area contributed by atoms with Crippen LogP contribution in [-0.2, 0) is 6.54 Å². The summed E-state index contributed by atoms with van der Waals surface area (Å²) in [4.78, 5) is 17.7. The number of rotatable bonds is 5. The second kappa shape index (κ2) is 8.82. The van der Waals surface area contributed by atoms with Gasteiger partial charge in [0.05, 0.1) is 0 Å². The van der Waals surface area contributed by atoms with Crippen molar-refractivity contribution in [2.24, 2.45) is 4.99 Å². The minimum absolute atomic E-state index is 0.0241. The lowest BCUT2D eigenvalue weighted by molar-refractivity contribution is 0.0827. The summed E-state index contributed by atoms with van der Waals surface area (Å²) in [6.07, 6.45) is 2.61. The average Bonchev–Trinajstić information content (AvgIpc) is 3.08. The van der Waals surface area contributed by atoms with E-state index in [1.165, 1.54) is 18.6 Å². The molecule has 0 aromatic heterocycles. The van der Waals surface area contributed by atoms with Crippen molar-refractivity contribution in [1.29, 1.82) is 0 Å². The van der Waals surface area contributed by atoms with Gasteiger partial charge in [-0.15, -0.1) is 0 Å². The molecule has 2 N–H and O–H groups in total. The fourth-order valence-corrected chi connectivity index (χ4v) is 3.65. The summed E-state index contributed by atoms with van der Waals surface area (Å²) in [6.45, 7) is 1.65. The maximum atomic E-state index is 11.9. The number of nitrogens with one attached hydrogen (secondary N) is 2. The fraction of sp³-hybridized carbons (Fsp3) is 0.529. The molecular weight excluding hydrogens is 308 g/mol. The number of aliphatic imine (C=N–C) groups is 1. The van der Waals surface area contributed by atoms with Gasteiger partial charge in [-0.05, 0) is 36.3 Å². The van der Waals surface area contributed by atoms with Crippen molar-refractivity contribution in [3.8, 4) is 0 Å². The van der Waals surface area contributed by atoms with E-state index in [4.69, 9.17) is 0 Å². The third-order valence-corrected chi connectivity index (χ3v) is 5.21. The molecule has 1 unspecified atom stereocenters. The van der Waals surface area contributed by atoms with Crippen molar-refractivity contribution in [3.63, 3.8) is 0 Å². The van der Waals surface area contributed by atoms with Crippen molar-refractivity contribution in [3.05, 3.63) is 35.4 Å². The van der Waals surface area contributed by atoms with Crippen molar-refractivity contribution in [2.75, 3.05) is 33.4 Å². The van der Waals surface area contributed by atoms with Crippen molar-refractivity contribution in [1.82, 2.24) is 15.5 Å². The molecule has 0 bridgehead atoms. The summed E-state index contributed by atoms with van der Waals surface area (Å²) < 4.78 is 0. The van der Waals surface area contributed by atoms with Crippen LogP contribution in [0.3, 0.4) is 0 Å². The van der Waals surface area contributed by atoms with Gasteiger partial charge in [-0.3, -0.25) is 9.79 Å². The van der Waals surface area contributed by atoms with E-state index in [1.807, 2.05) is 36.0 Å². The van der Waals surface area contributed by atoms with Crippen LogP contribution in [0.2, 0.25) is 0 Å². The molecule has 1 aliphatic heterocycles. The Bertz CT molecular complexity index is 536. The molecule has 0 aliphatic carbocycles. The van der Waals surface area contributed by atoms with Gasteiger partial charge in [0.25, 0.3) is 5.91 Å². The largest absolute Gasteiger partial charge is 0.355 e. The number of thioether (sulfide) groups is 1. The Kier molecular flexibility index (Phi) is 6.77. The number of hydrogen-bond acceptors (Lipinski definition) is 3. The van der Waals surface area contributed by atoms with Gasteiger partial charge in [-0.1, -0.05) is 12.1 Å². The molecule has 0 radical (unpaired) electrons. The van der Waals surface area contributed by atoms with Crippen LogP contribution in [0.25, 0.3) is 0 Å². The van der Waals surface area contributed by atoms with Crippen LogP contribution < -0.4 is 10.6 Å². The van der Waals surface area contributed by atoms with Crippen molar-refractivity contribution < 1.29 is 4.79 Å². The zero-order valence-corrected chi connectivity index (χ0v) is 14.9. The summed E-state index contributed by atoms with van der Waals surface area (Å²) in [5, 5.41) is 7.40. The molecule has 1 aliphatic rings. The number of guanidine groups is 1. The Morgan fingerprint density at radius 3 is 2.61 bits per heavy atom. The maximum Gasteiger partial charge on any atom is 0.253 e. The van der Waals surface area contributed by atoms with Crippen LogP contribution in [0, 0.1) is 0 Å². The number of benzene rings is 1. The molecule has 6 heteroatoms. The van der Waals surface area contributed by atoms with Gasteiger partial charge in [-0.2, -0.15) is 11.8 Å². The van der Waals surface area contributed by atoms with Crippen LogP contribution in [0.5, 0.6) is 0 Å². The van der Waals surface area contributed by atoms with E-state index in [1.54, 1.807) is 26.0 Å². The molecule has 1 atom stereocenters. The molecule has 1 amide bonds. The monoisotopic (exact) mass is 334 g/mol. The number of amides is 1. The predicted molar refractivity (Wildman–Crippen MR) is 98.1 cm³/mol. The Hall–Kier alpha value is -1.69. The normalized spacial score (nSPS) is 17.9. The van der Waals surface area contributed by atoms with Gasteiger partial charge in [0, 0.05) is 45.0 Å². The quantitative estimate of drug-likeness (QED) is 0.638. The summed E-state index contributed by atoms with van der Waals surface area (Å²) in [5.74, 6) is 2.12. The van der Waals surface area contributed by atoms with Crippen molar-refractivity contribution in [2.45, 2.75) is 24.6 Å². The van der Waals surface area contributed by atoms with Gasteiger partial charge in [-0.25, -0.2) is 0 Å². The number of nitrogens with zero attached hydrogens (tertiary/aromatic N) is 2. The highest BCUT2D eigenvalue weighted by Gasteiger charge is 2.15. The van der Waals surface area contributed by atoms with Crippen molar-refractivity contribution >= 4 is 23.6 Å². The highest BCUT2D eigenvalue weighted by molar-refractivity contribution is 8.00.